The summed E-state index contributed by atoms with van der Waals surface area (Å²) in [7, 11) is -0.811. The number of nitrogens with zero attached hydrogens (tertiary/aromatic N) is 3. The summed E-state index contributed by atoms with van der Waals surface area (Å²) in [5.41, 5.74) is 0. The van der Waals surface area contributed by atoms with E-state index in [4.69, 9.17) is 0 Å². The van der Waals surface area contributed by atoms with Gasteiger partial charge in [0.05, 0.1) is 0 Å². The topological polar surface area (TPSA) is 89.5 Å². The van der Waals surface area contributed by atoms with Crippen molar-refractivity contribution >= 4 is 38.7 Å². The first-order valence-corrected chi connectivity index (χ1v) is 9.60. The van der Waals surface area contributed by atoms with Crippen molar-refractivity contribution in [1.29, 1.82) is 0 Å². The normalized spacial score (nSPS) is 23.5. The van der Waals surface area contributed by atoms with Crippen molar-refractivity contribution in [3.8, 4) is 0 Å². The van der Waals surface area contributed by atoms with Gasteiger partial charge in [0.1, 0.15) is 6.20 Å². The summed E-state index contributed by atoms with van der Waals surface area (Å²) in [6.45, 7) is 1.93. The third-order valence-corrected chi connectivity index (χ3v) is 6.53. The van der Waals surface area contributed by atoms with Crippen LogP contribution in [0.25, 0.3) is 4.96 Å². The number of thiazole rings is 1. The Morgan fingerprint density at radius 3 is 3.14 bits per heavy atom. The molecule has 1 saturated carbocycles. The molecule has 3 atom stereocenters. The van der Waals surface area contributed by atoms with Crippen LogP contribution in [0.4, 0.5) is 11.6 Å². The summed E-state index contributed by atoms with van der Waals surface area (Å²) in [5.74, 6) is 0.970. The van der Waals surface area contributed by atoms with Gasteiger partial charge < -0.3 is 15.4 Å². The van der Waals surface area contributed by atoms with Crippen LogP contribution >= 0.6 is 11.3 Å². The average Bonchev–Trinajstić information content (AvgIpc) is 3.06. The van der Waals surface area contributed by atoms with E-state index in [-0.39, 0.29) is 17.1 Å². The first kappa shape index (κ1) is 15.4. The molecule has 3 unspecified atom stereocenters. The molecule has 3 rings (SSSR count). The maximum absolute atomic E-state index is 12.0. The lowest BCUT2D eigenvalue weighted by Crippen LogP contribution is -2.33. The van der Waals surface area contributed by atoms with E-state index < -0.39 is 15.7 Å². The van der Waals surface area contributed by atoms with Crippen molar-refractivity contribution in [2.24, 2.45) is 0 Å². The zero-order valence-corrected chi connectivity index (χ0v) is 13.9. The van der Waals surface area contributed by atoms with E-state index in [1.807, 2.05) is 6.92 Å². The molecule has 1 fully saturated rings. The number of hydrogen-bond donors (Lipinski definition) is 1. The van der Waals surface area contributed by atoms with Gasteiger partial charge in [-0.3, -0.25) is 4.21 Å². The molecule has 1 N–H and O–H groups in total. The van der Waals surface area contributed by atoms with Gasteiger partial charge in [-0.2, -0.15) is 9.38 Å². The Labute approximate surface area is 134 Å². The van der Waals surface area contributed by atoms with Crippen molar-refractivity contribution in [2.45, 2.75) is 43.9 Å². The summed E-state index contributed by atoms with van der Waals surface area (Å²) in [4.78, 5) is 15.9. The third kappa shape index (κ3) is 2.87. The molecule has 2 aromatic heterocycles. The summed E-state index contributed by atoms with van der Waals surface area (Å²) >= 11 is 1.37. The van der Waals surface area contributed by atoms with Gasteiger partial charge >= 0.3 is 5.82 Å². The fraction of sp³-hybridized carbons (Fsp3) is 0.615. The highest BCUT2D eigenvalue weighted by atomic mass is 32.2. The Balaban J connectivity index is 1.80. The number of aromatic nitrogens is 2. The molecule has 1 aliphatic rings. The molecule has 2 heterocycles. The third-order valence-electron chi connectivity index (χ3n) is 4.03. The largest absolute Gasteiger partial charge is 0.372 e. The molecule has 2 aromatic rings. The molecule has 0 amide bonds. The van der Waals surface area contributed by atoms with Crippen molar-refractivity contribution in [3.05, 3.63) is 21.7 Å². The van der Waals surface area contributed by atoms with Gasteiger partial charge in [-0.1, -0.05) is 24.7 Å². The van der Waals surface area contributed by atoms with E-state index in [9.17, 15) is 14.3 Å². The molecule has 0 spiro atoms. The number of anilines is 1. The predicted octanol–water partition coefficient (Wildman–Crippen LogP) is 2.80. The molecule has 0 aliphatic heterocycles. The smallest absolute Gasteiger partial charge is 0.360 e. The molecule has 9 heteroatoms. The van der Waals surface area contributed by atoms with Crippen LogP contribution in [0.3, 0.4) is 0 Å². The van der Waals surface area contributed by atoms with Crippen LogP contribution in [0.5, 0.6) is 0 Å². The van der Waals surface area contributed by atoms with Gasteiger partial charge in [0.25, 0.3) is 4.96 Å². The quantitative estimate of drug-likeness (QED) is 0.666. The molecule has 0 saturated heterocycles. The summed E-state index contributed by atoms with van der Waals surface area (Å²) in [5, 5.41) is 16.5. The maximum Gasteiger partial charge on any atom is 0.372 e. The first-order chi connectivity index (χ1) is 10.6. The van der Waals surface area contributed by atoms with Gasteiger partial charge in [0.2, 0.25) is 5.82 Å². The van der Waals surface area contributed by atoms with E-state index in [0.717, 1.165) is 25.7 Å². The van der Waals surface area contributed by atoms with E-state index >= 15 is 0 Å². The van der Waals surface area contributed by atoms with Gasteiger partial charge in [0, 0.05) is 33.2 Å². The summed E-state index contributed by atoms with van der Waals surface area (Å²) in [6, 6.07) is 0.0950. The van der Waals surface area contributed by atoms with Crippen LogP contribution in [0.15, 0.2) is 11.6 Å². The maximum atomic E-state index is 12.0. The van der Waals surface area contributed by atoms with E-state index in [0.29, 0.717) is 16.5 Å². The lowest BCUT2D eigenvalue weighted by molar-refractivity contribution is -0.389. The van der Waals surface area contributed by atoms with Crippen LogP contribution < -0.4 is 5.32 Å². The van der Waals surface area contributed by atoms with E-state index in [1.165, 1.54) is 15.7 Å². The van der Waals surface area contributed by atoms with Gasteiger partial charge in [0.15, 0.2) is 0 Å². The van der Waals surface area contributed by atoms with Gasteiger partial charge in [-0.25, -0.2) is 0 Å². The molecule has 22 heavy (non-hydrogen) atoms. The predicted molar refractivity (Wildman–Crippen MR) is 88.1 cm³/mol. The van der Waals surface area contributed by atoms with Crippen LogP contribution in [-0.2, 0) is 10.8 Å². The Hall–Kier alpha value is -1.48. The molecule has 7 nitrogen and oxygen atoms in total. The molecule has 120 valence electrons. The Bertz CT molecular complexity index is 711. The minimum Gasteiger partial charge on any atom is -0.360 e. The van der Waals surface area contributed by atoms with Gasteiger partial charge in [-0.15, -0.1) is 0 Å². The lowest BCUT2D eigenvalue weighted by Gasteiger charge is -2.28. The standard InChI is InChI=1S/C13H18N4O3S2/c1-2-22(20)10-5-3-4-9(8-10)14-11-12(17(18)19)16-6-7-21-13(16)15-11/h6-7,9-10,14H,2-5,8H2,1H3. The minimum absolute atomic E-state index is 0.0185. The molecule has 0 radical (unpaired) electrons. The zero-order chi connectivity index (χ0) is 15.7. The van der Waals surface area contributed by atoms with Crippen molar-refractivity contribution in [1.82, 2.24) is 9.38 Å². The Morgan fingerprint density at radius 1 is 1.59 bits per heavy atom. The number of imidazole rings is 1. The fourth-order valence-corrected chi connectivity index (χ4v) is 5.05. The Morgan fingerprint density at radius 2 is 2.41 bits per heavy atom. The zero-order valence-electron chi connectivity index (χ0n) is 12.2. The first-order valence-electron chi connectivity index (χ1n) is 7.33. The lowest BCUT2D eigenvalue weighted by atomic mass is 9.95. The number of nitro groups is 1. The van der Waals surface area contributed by atoms with E-state index in [1.54, 1.807) is 11.6 Å². The van der Waals surface area contributed by atoms with Crippen LogP contribution in [0.1, 0.15) is 32.6 Å². The minimum atomic E-state index is -0.811. The molecular formula is C13H18N4O3S2. The van der Waals surface area contributed by atoms with Crippen LogP contribution in [-0.4, -0.2) is 35.6 Å². The van der Waals surface area contributed by atoms with Crippen molar-refractivity contribution in [3.63, 3.8) is 0 Å². The van der Waals surface area contributed by atoms with Gasteiger partial charge in [-0.05, 0) is 24.2 Å². The molecule has 0 aromatic carbocycles. The van der Waals surface area contributed by atoms with E-state index in [2.05, 4.69) is 10.3 Å². The van der Waals surface area contributed by atoms with Crippen molar-refractivity contribution in [2.75, 3.05) is 11.1 Å². The monoisotopic (exact) mass is 342 g/mol. The molecule has 0 bridgehead atoms. The Kier molecular flexibility index (Phi) is 4.44. The SMILES string of the molecule is CCS(=O)C1CCCC(Nc2nc3sccn3c2[N+](=O)[O-])C1. The summed E-state index contributed by atoms with van der Waals surface area (Å²) < 4.78 is 13.5. The average molecular weight is 342 g/mol. The second-order valence-electron chi connectivity index (χ2n) is 5.40. The number of rotatable bonds is 5. The highest BCUT2D eigenvalue weighted by Crippen LogP contribution is 2.31. The summed E-state index contributed by atoms with van der Waals surface area (Å²) in [6.07, 6.45) is 5.33. The van der Waals surface area contributed by atoms with Crippen LogP contribution in [0.2, 0.25) is 0 Å². The second-order valence-corrected chi connectivity index (χ2v) is 8.27. The number of hydrogen-bond acceptors (Lipinski definition) is 6. The van der Waals surface area contributed by atoms with Crippen molar-refractivity contribution < 1.29 is 9.13 Å². The molecular weight excluding hydrogens is 324 g/mol. The highest BCUT2D eigenvalue weighted by molar-refractivity contribution is 7.85. The number of fused-ring (bicyclic) bond motifs is 1. The fourth-order valence-electron chi connectivity index (χ4n) is 2.99. The number of nitrogens with one attached hydrogen (secondary N) is 1. The second kappa shape index (κ2) is 6.33. The van der Waals surface area contributed by atoms with Crippen LogP contribution in [0, 0.1) is 10.1 Å². The molecule has 1 aliphatic carbocycles. The highest BCUT2D eigenvalue weighted by Gasteiger charge is 2.29.